The van der Waals surface area contributed by atoms with Crippen molar-refractivity contribution in [3.63, 3.8) is 0 Å². The molecular weight excluding hydrogens is 285 g/mol. The minimum Gasteiger partial charge on any atom is -0.497 e. The summed E-state index contributed by atoms with van der Waals surface area (Å²) in [5.74, 6) is -1.11. The number of carbonyl (C=O) groups is 1. The lowest BCUT2D eigenvalue weighted by molar-refractivity contribution is -0.180. The Labute approximate surface area is 120 Å². The standard InChI is InChI=1S/C14H17F3N2O2/c1-21-11-4-2-3-10(7-11)19-13(20)12-6-5-9(8-18-12)14(15,16)17/h2-4,7,9,12,18H,5-6,8H2,1H3,(H,19,20). The van der Waals surface area contributed by atoms with Crippen LogP contribution in [0.1, 0.15) is 12.8 Å². The largest absolute Gasteiger partial charge is 0.497 e. The summed E-state index contributed by atoms with van der Waals surface area (Å²) >= 11 is 0. The smallest absolute Gasteiger partial charge is 0.393 e. The molecule has 2 unspecified atom stereocenters. The van der Waals surface area contributed by atoms with E-state index in [1.165, 1.54) is 7.11 Å². The van der Waals surface area contributed by atoms with E-state index in [9.17, 15) is 18.0 Å². The lowest BCUT2D eigenvalue weighted by Crippen LogP contribution is -2.49. The first kappa shape index (κ1) is 15.6. The number of amides is 1. The molecule has 0 spiro atoms. The van der Waals surface area contributed by atoms with Gasteiger partial charge in [0.15, 0.2) is 0 Å². The molecule has 1 fully saturated rings. The Balaban J connectivity index is 1.90. The summed E-state index contributed by atoms with van der Waals surface area (Å²) in [6.45, 7) is -0.223. The van der Waals surface area contributed by atoms with Gasteiger partial charge >= 0.3 is 6.18 Å². The van der Waals surface area contributed by atoms with Gasteiger partial charge in [-0.15, -0.1) is 0 Å². The van der Waals surface area contributed by atoms with Gasteiger partial charge < -0.3 is 15.4 Å². The molecule has 1 saturated heterocycles. The molecule has 0 aromatic heterocycles. The highest BCUT2D eigenvalue weighted by Gasteiger charge is 2.42. The number of benzene rings is 1. The van der Waals surface area contributed by atoms with Crippen LogP contribution in [0.15, 0.2) is 24.3 Å². The highest BCUT2D eigenvalue weighted by atomic mass is 19.4. The summed E-state index contributed by atoms with van der Waals surface area (Å²) in [5, 5.41) is 5.34. The predicted octanol–water partition coefficient (Wildman–Crippen LogP) is 2.56. The number of piperidine rings is 1. The van der Waals surface area contributed by atoms with Gasteiger partial charge in [0.05, 0.1) is 19.1 Å². The second kappa shape index (κ2) is 6.34. The van der Waals surface area contributed by atoms with Crippen molar-refractivity contribution < 1.29 is 22.7 Å². The van der Waals surface area contributed by atoms with Crippen molar-refractivity contribution in [3.8, 4) is 5.75 Å². The number of hydrogen-bond donors (Lipinski definition) is 2. The van der Waals surface area contributed by atoms with E-state index in [1.807, 2.05) is 0 Å². The molecule has 4 nitrogen and oxygen atoms in total. The van der Waals surface area contributed by atoms with Crippen LogP contribution in [0.5, 0.6) is 5.75 Å². The molecule has 1 aliphatic rings. The number of rotatable bonds is 3. The van der Waals surface area contributed by atoms with Gasteiger partial charge in [-0.3, -0.25) is 4.79 Å². The fourth-order valence-corrected chi connectivity index (χ4v) is 2.29. The van der Waals surface area contributed by atoms with Crippen LogP contribution < -0.4 is 15.4 Å². The Bertz CT molecular complexity index is 497. The van der Waals surface area contributed by atoms with Gasteiger partial charge in [0.25, 0.3) is 0 Å². The lowest BCUT2D eigenvalue weighted by Gasteiger charge is -2.30. The molecule has 1 aromatic rings. The molecule has 1 heterocycles. The van der Waals surface area contributed by atoms with E-state index in [-0.39, 0.29) is 25.3 Å². The number of anilines is 1. The molecule has 7 heteroatoms. The Morgan fingerprint density at radius 1 is 1.38 bits per heavy atom. The van der Waals surface area contributed by atoms with Crippen molar-refractivity contribution in [2.24, 2.45) is 5.92 Å². The first-order valence-electron chi connectivity index (χ1n) is 6.65. The highest BCUT2D eigenvalue weighted by Crippen LogP contribution is 2.32. The summed E-state index contributed by atoms with van der Waals surface area (Å²) in [6, 6.07) is 6.21. The number of nitrogens with one attached hydrogen (secondary N) is 2. The van der Waals surface area contributed by atoms with Crippen LogP contribution in [0.25, 0.3) is 0 Å². The van der Waals surface area contributed by atoms with E-state index in [4.69, 9.17) is 4.74 Å². The van der Waals surface area contributed by atoms with Crippen molar-refractivity contribution in [2.45, 2.75) is 25.1 Å². The zero-order chi connectivity index (χ0) is 15.5. The Morgan fingerprint density at radius 2 is 2.14 bits per heavy atom. The number of ether oxygens (including phenoxy) is 1. The molecule has 1 amide bonds. The van der Waals surface area contributed by atoms with E-state index >= 15 is 0 Å². The highest BCUT2D eigenvalue weighted by molar-refractivity contribution is 5.95. The molecule has 116 valence electrons. The normalized spacial score (nSPS) is 22.7. The number of carbonyl (C=O) groups excluding carboxylic acids is 1. The van der Waals surface area contributed by atoms with Gasteiger partial charge in [-0.2, -0.15) is 13.2 Å². The van der Waals surface area contributed by atoms with Crippen molar-refractivity contribution in [1.82, 2.24) is 5.32 Å². The molecule has 2 N–H and O–H groups in total. The molecule has 21 heavy (non-hydrogen) atoms. The zero-order valence-electron chi connectivity index (χ0n) is 11.5. The fraction of sp³-hybridized carbons (Fsp3) is 0.500. The van der Waals surface area contributed by atoms with E-state index in [0.717, 1.165) is 0 Å². The second-order valence-corrected chi connectivity index (χ2v) is 5.00. The second-order valence-electron chi connectivity index (χ2n) is 5.00. The molecule has 1 aliphatic heterocycles. The van der Waals surface area contributed by atoms with Crippen LogP contribution in [-0.2, 0) is 4.79 Å². The van der Waals surface area contributed by atoms with E-state index in [1.54, 1.807) is 24.3 Å². The monoisotopic (exact) mass is 302 g/mol. The van der Waals surface area contributed by atoms with Crippen LogP contribution in [0.2, 0.25) is 0 Å². The number of methoxy groups -OCH3 is 1. The molecular formula is C14H17F3N2O2. The van der Waals surface area contributed by atoms with Crippen LogP contribution in [-0.4, -0.2) is 31.8 Å². The molecule has 0 saturated carbocycles. The van der Waals surface area contributed by atoms with Gasteiger partial charge in [-0.25, -0.2) is 0 Å². The summed E-state index contributed by atoms with van der Waals surface area (Å²) in [5.41, 5.74) is 0.555. The van der Waals surface area contributed by atoms with Gasteiger partial charge in [0.2, 0.25) is 5.91 Å². The van der Waals surface area contributed by atoms with Gasteiger partial charge in [0.1, 0.15) is 5.75 Å². The summed E-state index contributed by atoms with van der Waals surface area (Å²) in [6.07, 6.45) is -4.08. The molecule has 0 bridgehead atoms. The summed E-state index contributed by atoms with van der Waals surface area (Å²) < 4.78 is 42.7. The minimum atomic E-state index is -4.21. The van der Waals surface area contributed by atoms with E-state index < -0.39 is 18.1 Å². The van der Waals surface area contributed by atoms with Crippen molar-refractivity contribution in [3.05, 3.63) is 24.3 Å². The lowest BCUT2D eigenvalue weighted by atomic mass is 9.94. The molecule has 0 radical (unpaired) electrons. The molecule has 2 atom stereocenters. The third-order valence-electron chi connectivity index (χ3n) is 3.53. The average molecular weight is 302 g/mol. The van der Waals surface area contributed by atoms with E-state index in [2.05, 4.69) is 10.6 Å². The fourth-order valence-electron chi connectivity index (χ4n) is 2.29. The minimum absolute atomic E-state index is 0.0350. The quantitative estimate of drug-likeness (QED) is 0.902. The molecule has 0 aliphatic carbocycles. The zero-order valence-corrected chi connectivity index (χ0v) is 11.5. The Morgan fingerprint density at radius 3 is 2.71 bits per heavy atom. The first-order chi connectivity index (χ1) is 9.90. The predicted molar refractivity (Wildman–Crippen MR) is 72.2 cm³/mol. The molecule has 1 aromatic carbocycles. The summed E-state index contributed by atoms with van der Waals surface area (Å²) in [4.78, 5) is 12.0. The Kier molecular flexibility index (Phi) is 4.72. The first-order valence-corrected chi connectivity index (χ1v) is 6.65. The third-order valence-corrected chi connectivity index (χ3v) is 3.53. The van der Waals surface area contributed by atoms with Crippen LogP contribution in [0.4, 0.5) is 18.9 Å². The van der Waals surface area contributed by atoms with Crippen LogP contribution >= 0.6 is 0 Å². The van der Waals surface area contributed by atoms with Crippen molar-refractivity contribution in [2.75, 3.05) is 19.0 Å². The number of alkyl halides is 3. The number of halogens is 3. The van der Waals surface area contributed by atoms with Crippen LogP contribution in [0, 0.1) is 5.92 Å². The number of hydrogen-bond acceptors (Lipinski definition) is 3. The van der Waals surface area contributed by atoms with Crippen LogP contribution in [0.3, 0.4) is 0 Å². The average Bonchev–Trinajstić information content (AvgIpc) is 2.46. The maximum Gasteiger partial charge on any atom is 0.393 e. The SMILES string of the molecule is COc1cccc(NC(=O)C2CCC(C(F)(F)F)CN2)c1. The van der Waals surface area contributed by atoms with E-state index in [0.29, 0.717) is 11.4 Å². The summed E-state index contributed by atoms with van der Waals surface area (Å²) in [7, 11) is 1.51. The van der Waals surface area contributed by atoms with Crippen molar-refractivity contribution >= 4 is 11.6 Å². The van der Waals surface area contributed by atoms with Gasteiger partial charge in [-0.05, 0) is 25.0 Å². The maximum absolute atomic E-state index is 12.5. The third kappa shape index (κ3) is 4.10. The molecule has 2 rings (SSSR count). The maximum atomic E-state index is 12.5. The Hall–Kier alpha value is -1.76. The van der Waals surface area contributed by atoms with Gasteiger partial charge in [-0.1, -0.05) is 6.07 Å². The topological polar surface area (TPSA) is 50.4 Å². The van der Waals surface area contributed by atoms with Crippen molar-refractivity contribution in [1.29, 1.82) is 0 Å². The van der Waals surface area contributed by atoms with Gasteiger partial charge in [0, 0.05) is 18.3 Å².